The number of halogens is 2. The fourth-order valence-corrected chi connectivity index (χ4v) is 2.62. The Kier molecular flexibility index (Phi) is 5.67. The lowest BCUT2D eigenvalue weighted by molar-refractivity contribution is 0.00952. The number of hydrazine groups is 1. The first-order valence-electron chi connectivity index (χ1n) is 7.59. The van der Waals surface area contributed by atoms with Gasteiger partial charge in [0.25, 0.3) is 5.92 Å². The zero-order valence-electron chi connectivity index (χ0n) is 13.5. The summed E-state index contributed by atoms with van der Waals surface area (Å²) >= 11 is 0. The number of ether oxygens (including phenoxy) is 1. The molecule has 0 bridgehead atoms. The molecule has 1 heterocycles. The summed E-state index contributed by atoms with van der Waals surface area (Å²) in [4.78, 5) is 13.6. The maximum absolute atomic E-state index is 13.1. The van der Waals surface area contributed by atoms with Crippen molar-refractivity contribution in [1.82, 2.24) is 9.91 Å². The van der Waals surface area contributed by atoms with Gasteiger partial charge in [-0.25, -0.2) is 18.6 Å². The Morgan fingerprint density at radius 3 is 2.78 bits per heavy atom. The van der Waals surface area contributed by atoms with Gasteiger partial charge in [0.1, 0.15) is 6.61 Å². The quantitative estimate of drug-likeness (QED) is 0.490. The summed E-state index contributed by atoms with van der Waals surface area (Å²) < 4.78 is 31.3. The minimum Gasteiger partial charge on any atom is -0.461 e. The van der Waals surface area contributed by atoms with E-state index in [0.29, 0.717) is 25.2 Å². The van der Waals surface area contributed by atoms with Gasteiger partial charge in [-0.2, -0.15) is 0 Å². The SMILES string of the molecule is Cc1cc(C(=O)OCCN2CCC(F)(F)C2)ccc1CN(C)N. The van der Waals surface area contributed by atoms with Gasteiger partial charge in [0.2, 0.25) is 0 Å². The van der Waals surface area contributed by atoms with E-state index in [1.54, 1.807) is 29.1 Å². The maximum atomic E-state index is 13.1. The zero-order chi connectivity index (χ0) is 17.0. The summed E-state index contributed by atoms with van der Waals surface area (Å²) in [5.41, 5.74) is 2.44. The number of carbonyl (C=O) groups is 1. The smallest absolute Gasteiger partial charge is 0.338 e. The van der Waals surface area contributed by atoms with Crippen LogP contribution in [0.1, 0.15) is 27.9 Å². The van der Waals surface area contributed by atoms with E-state index in [2.05, 4.69) is 0 Å². The van der Waals surface area contributed by atoms with E-state index in [1.165, 1.54) is 0 Å². The standard InChI is InChI=1S/C16H23F2N3O2/c1-12-9-13(3-4-14(12)10-20(2)19)15(22)23-8-7-21-6-5-16(17,18)11-21/h3-4,9H,5-8,10-11,19H2,1-2H3. The molecule has 7 heteroatoms. The molecule has 2 rings (SSSR count). The van der Waals surface area contributed by atoms with E-state index in [1.807, 2.05) is 13.0 Å². The highest BCUT2D eigenvalue weighted by Crippen LogP contribution is 2.26. The van der Waals surface area contributed by atoms with Gasteiger partial charge in [0.15, 0.2) is 0 Å². The van der Waals surface area contributed by atoms with Crippen LogP contribution in [0.5, 0.6) is 0 Å². The highest BCUT2D eigenvalue weighted by atomic mass is 19.3. The molecule has 1 aromatic rings. The van der Waals surface area contributed by atoms with Crippen molar-refractivity contribution in [2.75, 3.05) is 33.3 Å². The van der Waals surface area contributed by atoms with Crippen LogP contribution in [0.2, 0.25) is 0 Å². The van der Waals surface area contributed by atoms with Crippen LogP contribution in [-0.4, -0.2) is 55.1 Å². The summed E-state index contributed by atoms with van der Waals surface area (Å²) in [5, 5.41) is 1.56. The number of esters is 1. The third-order valence-corrected chi connectivity index (χ3v) is 3.89. The normalized spacial score (nSPS) is 17.7. The van der Waals surface area contributed by atoms with Crippen molar-refractivity contribution in [2.24, 2.45) is 5.84 Å². The minimum atomic E-state index is -2.62. The van der Waals surface area contributed by atoms with E-state index in [0.717, 1.165) is 11.1 Å². The van der Waals surface area contributed by atoms with Crippen molar-refractivity contribution in [2.45, 2.75) is 25.8 Å². The number of hydrogen-bond acceptors (Lipinski definition) is 5. The molecule has 0 atom stereocenters. The van der Waals surface area contributed by atoms with Crippen LogP contribution in [0.3, 0.4) is 0 Å². The first-order chi connectivity index (χ1) is 10.8. The van der Waals surface area contributed by atoms with Crippen molar-refractivity contribution in [1.29, 1.82) is 0 Å². The predicted octanol–water partition coefficient (Wildman–Crippen LogP) is 1.80. The minimum absolute atomic E-state index is 0.112. The van der Waals surface area contributed by atoms with Gasteiger partial charge in [0, 0.05) is 33.1 Å². The Morgan fingerprint density at radius 2 is 2.22 bits per heavy atom. The molecule has 5 nitrogen and oxygen atoms in total. The number of nitrogens with zero attached hydrogens (tertiary/aromatic N) is 2. The Morgan fingerprint density at radius 1 is 1.48 bits per heavy atom. The number of hydrogen-bond donors (Lipinski definition) is 1. The highest BCUT2D eigenvalue weighted by molar-refractivity contribution is 5.89. The number of carbonyl (C=O) groups excluding carboxylic acids is 1. The van der Waals surface area contributed by atoms with Gasteiger partial charge >= 0.3 is 5.97 Å². The van der Waals surface area contributed by atoms with E-state index in [4.69, 9.17) is 10.6 Å². The molecule has 1 aliphatic rings. The maximum Gasteiger partial charge on any atom is 0.338 e. The second-order valence-corrected chi connectivity index (χ2v) is 6.07. The number of alkyl halides is 2. The van der Waals surface area contributed by atoms with Crippen LogP contribution in [-0.2, 0) is 11.3 Å². The molecule has 1 fully saturated rings. The van der Waals surface area contributed by atoms with Gasteiger partial charge in [-0.15, -0.1) is 0 Å². The number of nitrogens with two attached hydrogens (primary N) is 1. The monoisotopic (exact) mass is 327 g/mol. The first-order valence-corrected chi connectivity index (χ1v) is 7.59. The van der Waals surface area contributed by atoms with E-state index in [-0.39, 0.29) is 19.6 Å². The van der Waals surface area contributed by atoms with Crippen molar-refractivity contribution >= 4 is 5.97 Å². The van der Waals surface area contributed by atoms with E-state index >= 15 is 0 Å². The molecule has 0 aliphatic carbocycles. The Balaban J connectivity index is 1.83. The average Bonchev–Trinajstić information content (AvgIpc) is 2.80. The molecule has 23 heavy (non-hydrogen) atoms. The predicted molar refractivity (Wildman–Crippen MR) is 83.1 cm³/mol. The number of benzene rings is 1. The summed E-state index contributed by atoms with van der Waals surface area (Å²) in [6.45, 7) is 3.01. The molecular weight excluding hydrogens is 304 g/mol. The van der Waals surface area contributed by atoms with E-state index < -0.39 is 11.9 Å². The molecular formula is C16H23F2N3O2. The van der Waals surface area contributed by atoms with Crippen LogP contribution in [0, 0.1) is 6.92 Å². The molecule has 1 saturated heterocycles. The summed E-state index contributed by atoms with van der Waals surface area (Å²) in [6, 6.07) is 5.29. The van der Waals surface area contributed by atoms with Crippen LogP contribution >= 0.6 is 0 Å². The molecule has 0 radical (unpaired) electrons. The van der Waals surface area contributed by atoms with Crippen molar-refractivity contribution < 1.29 is 18.3 Å². The third-order valence-electron chi connectivity index (χ3n) is 3.89. The summed E-state index contributed by atoms with van der Waals surface area (Å²) in [6.07, 6.45) is -0.128. The van der Waals surface area contributed by atoms with Gasteiger partial charge in [-0.3, -0.25) is 10.7 Å². The second-order valence-electron chi connectivity index (χ2n) is 6.07. The molecule has 0 unspecified atom stereocenters. The molecule has 0 aromatic heterocycles. The van der Waals surface area contributed by atoms with Gasteiger partial charge in [-0.1, -0.05) is 6.07 Å². The lowest BCUT2D eigenvalue weighted by Crippen LogP contribution is -2.29. The number of aryl methyl sites for hydroxylation is 1. The Labute approximate surface area is 135 Å². The second kappa shape index (κ2) is 7.33. The van der Waals surface area contributed by atoms with Crippen molar-refractivity contribution in [3.63, 3.8) is 0 Å². The fraction of sp³-hybridized carbons (Fsp3) is 0.562. The molecule has 1 aromatic carbocycles. The topological polar surface area (TPSA) is 58.8 Å². The van der Waals surface area contributed by atoms with Crippen LogP contribution < -0.4 is 5.84 Å². The van der Waals surface area contributed by atoms with Gasteiger partial charge in [-0.05, 0) is 30.2 Å². The van der Waals surface area contributed by atoms with Crippen molar-refractivity contribution in [3.8, 4) is 0 Å². The first kappa shape index (κ1) is 17.8. The fourth-order valence-electron chi connectivity index (χ4n) is 2.62. The molecule has 2 N–H and O–H groups in total. The number of likely N-dealkylation sites (tertiary alicyclic amines) is 1. The molecule has 0 spiro atoms. The van der Waals surface area contributed by atoms with Gasteiger partial charge in [0.05, 0.1) is 12.1 Å². The van der Waals surface area contributed by atoms with Gasteiger partial charge < -0.3 is 4.74 Å². The third kappa shape index (κ3) is 5.23. The van der Waals surface area contributed by atoms with Crippen LogP contribution in [0.25, 0.3) is 0 Å². The summed E-state index contributed by atoms with van der Waals surface area (Å²) in [7, 11) is 1.77. The highest BCUT2D eigenvalue weighted by Gasteiger charge is 2.37. The molecule has 1 aliphatic heterocycles. The summed E-state index contributed by atoms with van der Waals surface area (Å²) in [5.74, 6) is 2.56. The largest absolute Gasteiger partial charge is 0.461 e. The van der Waals surface area contributed by atoms with Crippen LogP contribution in [0.15, 0.2) is 18.2 Å². The lowest BCUT2D eigenvalue weighted by Gasteiger charge is -2.16. The average molecular weight is 327 g/mol. The number of rotatable bonds is 6. The van der Waals surface area contributed by atoms with E-state index in [9.17, 15) is 13.6 Å². The Hall–Kier alpha value is -1.57. The lowest BCUT2D eigenvalue weighted by atomic mass is 10.1. The molecule has 0 amide bonds. The molecule has 0 saturated carbocycles. The van der Waals surface area contributed by atoms with Crippen molar-refractivity contribution in [3.05, 3.63) is 34.9 Å². The van der Waals surface area contributed by atoms with Crippen LogP contribution in [0.4, 0.5) is 8.78 Å². The molecule has 128 valence electrons. The Bertz CT molecular complexity index is 564. The zero-order valence-corrected chi connectivity index (χ0v) is 13.5.